The van der Waals surface area contributed by atoms with E-state index in [2.05, 4.69) is 15.4 Å². The van der Waals surface area contributed by atoms with E-state index in [-0.39, 0.29) is 18.3 Å². The fraction of sp³-hybridized carbons (Fsp3) is 0.385. The largest absolute Gasteiger partial charge is 0.373 e. The highest BCUT2D eigenvalue weighted by Gasteiger charge is 2.13. The van der Waals surface area contributed by atoms with Gasteiger partial charge < -0.3 is 5.32 Å². The van der Waals surface area contributed by atoms with Crippen molar-refractivity contribution in [3.63, 3.8) is 0 Å². The van der Waals surface area contributed by atoms with Crippen molar-refractivity contribution >= 4 is 5.69 Å². The van der Waals surface area contributed by atoms with Crippen LogP contribution in [0.15, 0.2) is 18.5 Å². The van der Waals surface area contributed by atoms with Crippen molar-refractivity contribution in [1.82, 2.24) is 14.8 Å². The van der Waals surface area contributed by atoms with E-state index in [0.717, 1.165) is 0 Å². The Bertz CT molecular complexity index is 578. The summed E-state index contributed by atoms with van der Waals surface area (Å²) in [6.07, 6.45) is 1.43. The lowest BCUT2D eigenvalue weighted by atomic mass is 10.2. The SMILES string of the molecule is Cc1ccc(F)c(NCc2ncnn2C(C)C)c1F. The summed E-state index contributed by atoms with van der Waals surface area (Å²) < 4.78 is 29.1. The molecule has 0 aliphatic carbocycles. The Morgan fingerprint density at radius 1 is 1.32 bits per heavy atom. The van der Waals surface area contributed by atoms with Crippen LogP contribution in [-0.2, 0) is 6.54 Å². The molecule has 0 spiro atoms. The fourth-order valence-corrected chi connectivity index (χ4v) is 1.82. The summed E-state index contributed by atoms with van der Waals surface area (Å²) in [6, 6.07) is 2.80. The lowest BCUT2D eigenvalue weighted by Gasteiger charge is -2.12. The summed E-state index contributed by atoms with van der Waals surface area (Å²) in [5.41, 5.74) is 0.271. The lowest BCUT2D eigenvalue weighted by molar-refractivity contribution is 0.508. The van der Waals surface area contributed by atoms with Crippen molar-refractivity contribution in [2.45, 2.75) is 33.4 Å². The molecule has 0 saturated carbocycles. The Morgan fingerprint density at radius 2 is 2.05 bits per heavy atom. The van der Waals surface area contributed by atoms with Gasteiger partial charge in [0.25, 0.3) is 0 Å². The van der Waals surface area contributed by atoms with E-state index in [9.17, 15) is 8.78 Å². The van der Waals surface area contributed by atoms with Crippen LogP contribution in [0.4, 0.5) is 14.5 Å². The van der Waals surface area contributed by atoms with E-state index in [1.165, 1.54) is 18.5 Å². The average Bonchev–Trinajstić information content (AvgIpc) is 2.82. The topological polar surface area (TPSA) is 42.7 Å². The summed E-state index contributed by atoms with van der Waals surface area (Å²) in [4.78, 5) is 4.08. The molecule has 102 valence electrons. The molecular formula is C13H16F2N4. The quantitative estimate of drug-likeness (QED) is 0.924. The third-order valence-corrected chi connectivity index (χ3v) is 2.84. The molecule has 19 heavy (non-hydrogen) atoms. The van der Waals surface area contributed by atoms with E-state index in [4.69, 9.17) is 0 Å². The summed E-state index contributed by atoms with van der Waals surface area (Å²) in [5.74, 6) is -0.551. The first kappa shape index (κ1) is 13.5. The molecule has 1 aromatic carbocycles. The van der Waals surface area contributed by atoms with E-state index in [1.54, 1.807) is 11.6 Å². The van der Waals surface area contributed by atoms with Crippen LogP contribution >= 0.6 is 0 Å². The van der Waals surface area contributed by atoms with Crippen molar-refractivity contribution in [3.05, 3.63) is 41.5 Å². The molecule has 1 aromatic heterocycles. The summed E-state index contributed by atoms with van der Waals surface area (Å²) in [6.45, 7) is 5.74. The molecule has 0 saturated heterocycles. The molecule has 2 rings (SSSR count). The molecule has 0 aliphatic heterocycles. The van der Waals surface area contributed by atoms with Gasteiger partial charge in [-0.15, -0.1) is 0 Å². The maximum atomic E-state index is 13.8. The molecular weight excluding hydrogens is 250 g/mol. The highest BCUT2D eigenvalue weighted by Crippen LogP contribution is 2.22. The van der Waals surface area contributed by atoms with Crippen LogP contribution in [-0.4, -0.2) is 14.8 Å². The van der Waals surface area contributed by atoms with Crippen molar-refractivity contribution < 1.29 is 8.78 Å². The number of aromatic nitrogens is 3. The number of aryl methyl sites for hydroxylation is 1. The molecule has 1 N–H and O–H groups in total. The van der Waals surface area contributed by atoms with Gasteiger partial charge in [-0.05, 0) is 32.4 Å². The Labute approximate surface area is 110 Å². The summed E-state index contributed by atoms with van der Waals surface area (Å²) >= 11 is 0. The molecule has 0 fully saturated rings. The number of rotatable bonds is 4. The Balaban J connectivity index is 2.19. The van der Waals surface area contributed by atoms with Gasteiger partial charge >= 0.3 is 0 Å². The first-order chi connectivity index (χ1) is 9.00. The Hall–Kier alpha value is -1.98. The predicted octanol–water partition coefficient (Wildman–Crippen LogP) is 3.06. The van der Waals surface area contributed by atoms with Gasteiger partial charge in [-0.1, -0.05) is 6.07 Å². The van der Waals surface area contributed by atoms with Crippen LogP contribution < -0.4 is 5.32 Å². The zero-order chi connectivity index (χ0) is 14.0. The first-order valence-electron chi connectivity index (χ1n) is 6.07. The molecule has 4 nitrogen and oxygen atoms in total. The maximum Gasteiger partial charge on any atom is 0.152 e. The molecule has 0 amide bonds. The maximum absolute atomic E-state index is 13.8. The second kappa shape index (κ2) is 5.34. The van der Waals surface area contributed by atoms with E-state index in [1.807, 2.05) is 13.8 Å². The minimum absolute atomic E-state index is 0.127. The third kappa shape index (κ3) is 2.72. The van der Waals surface area contributed by atoms with Gasteiger partial charge in [0.1, 0.15) is 23.7 Å². The minimum Gasteiger partial charge on any atom is -0.373 e. The number of hydrogen-bond acceptors (Lipinski definition) is 3. The molecule has 6 heteroatoms. The van der Waals surface area contributed by atoms with Crippen LogP contribution in [0.3, 0.4) is 0 Å². The molecule has 0 atom stereocenters. The van der Waals surface area contributed by atoms with Crippen molar-refractivity contribution in [2.75, 3.05) is 5.32 Å². The van der Waals surface area contributed by atoms with Crippen LogP contribution in [0.2, 0.25) is 0 Å². The highest BCUT2D eigenvalue weighted by molar-refractivity contribution is 5.48. The van der Waals surface area contributed by atoms with Gasteiger partial charge in [0.15, 0.2) is 5.82 Å². The number of nitrogens with zero attached hydrogens (tertiary/aromatic N) is 3. The number of nitrogens with one attached hydrogen (secondary N) is 1. The van der Waals surface area contributed by atoms with E-state index in [0.29, 0.717) is 11.4 Å². The zero-order valence-corrected chi connectivity index (χ0v) is 11.1. The average molecular weight is 266 g/mol. The van der Waals surface area contributed by atoms with Crippen LogP contribution in [0, 0.1) is 18.6 Å². The predicted molar refractivity (Wildman–Crippen MR) is 68.8 cm³/mol. The number of anilines is 1. The molecule has 1 heterocycles. The Morgan fingerprint density at radius 3 is 2.74 bits per heavy atom. The van der Waals surface area contributed by atoms with Crippen LogP contribution in [0.1, 0.15) is 31.3 Å². The standard InChI is InChI=1S/C13H16F2N4/c1-8(2)19-11(17-7-18-19)6-16-13-10(14)5-4-9(3)12(13)15/h4-5,7-8,16H,6H2,1-3H3. The second-order valence-electron chi connectivity index (χ2n) is 4.62. The molecule has 0 radical (unpaired) electrons. The number of hydrogen-bond donors (Lipinski definition) is 1. The fourth-order valence-electron chi connectivity index (χ4n) is 1.82. The zero-order valence-electron chi connectivity index (χ0n) is 11.1. The first-order valence-corrected chi connectivity index (χ1v) is 6.07. The summed E-state index contributed by atoms with van der Waals surface area (Å²) in [5, 5.41) is 6.81. The van der Waals surface area contributed by atoms with Crippen molar-refractivity contribution in [2.24, 2.45) is 0 Å². The van der Waals surface area contributed by atoms with Crippen LogP contribution in [0.5, 0.6) is 0 Å². The van der Waals surface area contributed by atoms with Gasteiger partial charge in [-0.25, -0.2) is 18.4 Å². The van der Waals surface area contributed by atoms with Crippen LogP contribution in [0.25, 0.3) is 0 Å². The van der Waals surface area contributed by atoms with Gasteiger partial charge in [0.2, 0.25) is 0 Å². The van der Waals surface area contributed by atoms with Gasteiger partial charge in [0.05, 0.1) is 6.54 Å². The van der Waals surface area contributed by atoms with Gasteiger partial charge in [-0.3, -0.25) is 0 Å². The smallest absolute Gasteiger partial charge is 0.152 e. The van der Waals surface area contributed by atoms with E-state index >= 15 is 0 Å². The normalized spacial score (nSPS) is 11.1. The monoisotopic (exact) mass is 266 g/mol. The highest BCUT2D eigenvalue weighted by atomic mass is 19.1. The van der Waals surface area contributed by atoms with Gasteiger partial charge in [0, 0.05) is 6.04 Å². The Kier molecular flexibility index (Phi) is 3.78. The van der Waals surface area contributed by atoms with Crippen molar-refractivity contribution in [3.8, 4) is 0 Å². The molecule has 0 aliphatic rings. The lowest BCUT2D eigenvalue weighted by Crippen LogP contribution is -2.13. The molecule has 0 bridgehead atoms. The van der Waals surface area contributed by atoms with Gasteiger partial charge in [-0.2, -0.15) is 5.10 Å². The number of benzene rings is 1. The molecule has 0 unspecified atom stereocenters. The summed E-state index contributed by atoms with van der Waals surface area (Å²) in [7, 11) is 0. The van der Waals surface area contributed by atoms with Crippen molar-refractivity contribution in [1.29, 1.82) is 0 Å². The number of halogens is 2. The molecule has 2 aromatic rings. The minimum atomic E-state index is -0.612. The third-order valence-electron chi connectivity index (χ3n) is 2.84. The van der Waals surface area contributed by atoms with E-state index < -0.39 is 11.6 Å². The second-order valence-corrected chi connectivity index (χ2v) is 4.62.